The molecule has 17 nitrogen and oxygen atoms in total. The van der Waals surface area contributed by atoms with Crippen LogP contribution in [-0.4, -0.2) is 89.4 Å². The summed E-state index contributed by atoms with van der Waals surface area (Å²) in [7, 11) is -10.6. The van der Waals surface area contributed by atoms with E-state index < -0.39 is 58.4 Å². The van der Waals surface area contributed by atoms with Crippen LogP contribution in [0.25, 0.3) is 10.9 Å². The van der Waals surface area contributed by atoms with Crippen LogP contribution in [0.5, 0.6) is 11.5 Å². The number of unbranched alkanes of at least 4 members (excludes halogenated alkanes) is 5. The molecule has 3 aromatic rings. The quantitative estimate of drug-likeness (QED) is 0.0726. The number of pyridine rings is 1. The molecule has 0 radical (unpaired) electrons. The SMILES string of the molecule is CCCCCCCCOc1cc(COC(=O)Nc2ccc3ncccc3c2)ccc1OP(=O)(O)OC1[C@H](O)[C@H](O)C(OP(=O)(O)O)[C@H](O)[C@H]1O. The van der Waals surface area contributed by atoms with E-state index in [-0.39, 0.29) is 24.7 Å². The van der Waals surface area contributed by atoms with Crippen LogP contribution >= 0.6 is 15.6 Å². The topological polar surface area (TPSA) is 264 Å². The van der Waals surface area contributed by atoms with Gasteiger partial charge in [-0.1, -0.05) is 51.2 Å². The maximum Gasteiger partial charge on any atom is 0.528 e. The standard InChI is InChI=1S/C31H42N2O15P2/c1-2-3-4-5-6-7-15-44-24-16-19(18-45-31(38)33-21-11-12-22-20(17-21)9-8-14-32-22)10-13-23(24)46-50(42,43)48-30-27(36)25(34)29(26(35)28(30)37)47-49(39,40)41/h8-14,16-17,25-30,34-37H,2-7,15,18H2,1H3,(H,33,38)(H,42,43)(H2,39,40,41)/t25-,26+,27-,28-,29?,30?/m1/s1. The Labute approximate surface area is 287 Å². The van der Waals surface area contributed by atoms with Gasteiger partial charge in [0.25, 0.3) is 0 Å². The maximum absolute atomic E-state index is 13.1. The van der Waals surface area contributed by atoms with Gasteiger partial charge >= 0.3 is 21.7 Å². The summed E-state index contributed by atoms with van der Waals surface area (Å²) in [5.41, 5.74) is 1.66. The Balaban J connectivity index is 1.44. The number of aliphatic hydroxyl groups excluding tert-OH is 4. The number of aliphatic hydroxyl groups is 4. The molecule has 3 unspecified atom stereocenters. The number of anilines is 1. The van der Waals surface area contributed by atoms with Gasteiger partial charge in [0, 0.05) is 17.3 Å². The zero-order chi connectivity index (χ0) is 36.5. The van der Waals surface area contributed by atoms with Crippen molar-refractivity contribution in [2.45, 2.75) is 88.7 Å². The number of carbonyl (C=O) groups is 1. The summed E-state index contributed by atoms with van der Waals surface area (Å²) in [6, 6.07) is 12.9. The molecule has 1 saturated carbocycles. The van der Waals surface area contributed by atoms with E-state index in [4.69, 9.17) is 28.3 Å². The van der Waals surface area contributed by atoms with Gasteiger partial charge in [0.2, 0.25) is 0 Å². The minimum atomic E-state index is -5.29. The monoisotopic (exact) mass is 744 g/mol. The first-order valence-corrected chi connectivity index (χ1v) is 18.9. The highest BCUT2D eigenvalue weighted by Crippen LogP contribution is 2.50. The number of carbonyl (C=O) groups excluding carboxylic acids is 1. The van der Waals surface area contributed by atoms with Crippen molar-refractivity contribution in [1.29, 1.82) is 0 Å². The Bertz CT molecular complexity index is 1660. The Hall–Kier alpha value is -3.18. The summed E-state index contributed by atoms with van der Waals surface area (Å²) >= 11 is 0. The molecule has 1 aliphatic rings. The first-order valence-electron chi connectivity index (χ1n) is 15.9. The maximum atomic E-state index is 13.1. The third-order valence-electron chi connectivity index (χ3n) is 7.76. The number of phosphoric ester groups is 2. The molecule has 2 aromatic carbocycles. The molecule has 1 aliphatic carbocycles. The molecule has 0 saturated heterocycles. The molecule has 0 aliphatic heterocycles. The minimum absolute atomic E-state index is 0.0279. The van der Waals surface area contributed by atoms with Gasteiger partial charge in [0.05, 0.1) is 12.1 Å². The highest BCUT2D eigenvalue weighted by Gasteiger charge is 2.54. The molecule has 276 valence electrons. The van der Waals surface area contributed by atoms with Crippen molar-refractivity contribution in [1.82, 2.24) is 4.98 Å². The average Bonchev–Trinajstić information content (AvgIpc) is 3.06. The van der Waals surface area contributed by atoms with E-state index in [2.05, 4.69) is 21.7 Å². The van der Waals surface area contributed by atoms with Gasteiger partial charge in [-0.15, -0.1) is 0 Å². The number of amides is 1. The Morgan fingerprint density at radius 1 is 0.820 bits per heavy atom. The van der Waals surface area contributed by atoms with Crippen LogP contribution in [0.15, 0.2) is 54.7 Å². The van der Waals surface area contributed by atoms with Gasteiger partial charge < -0.3 is 44.2 Å². The van der Waals surface area contributed by atoms with Crippen molar-refractivity contribution in [2.24, 2.45) is 0 Å². The molecule has 8 N–H and O–H groups in total. The van der Waals surface area contributed by atoms with Crippen LogP contribution in [0, 0.1) is 0 Å². The third-order valence-corrected chi connectivity index (χ3v) is 9.21. The van der Waals surface area contributed by atoms with E-state index in [0.717, 1.165) is 43.0 Å². The first-order chi connectivity index (χ1) is 23.7. The highest BCUT2D eigenvalue weighted by molar-refractivity contribution is 7.47. The zero-order valence-electron chi connectivity index (χ0n) is 27.1. The van der Waals surface area contributed by atoms with Gasteiger partial charge in [-0.05, 0) is 48.4 Å². The van der Waals surface area contributed by atoms with Crippen LogP contribution in [0.1, 0.15) is 51.0 Å². The summed E-state index contributed by atoms with van der Waals surface area (Å²) in [6.45, 7) is 2.07. The third kappa shape index (κ3) is 11.4. The van der Waals surface area contributed by atoms with Gasteiger partial charge in [0.15, 0.2) is 11.5 Å². The molecule has 50 heavy (non-hydrogen) atoms. The van der Waals surface area contributed by atoms with Crippen molar-refractivity contribution >= 4 is 38.3 Å². The number of benzene rings is 2. The lowest BCUT2D eigenvalue weighted by Crippen LogP contribution is -2.64. The molecule has 1 aromatic heterocycles. The molecule has 4 rings (SSSR count). The van der Waals surface area contributed by atoms with E-state index in [1.807, 2.05) is 6.07 Å². The van der Waals surface area contributed by atoms with Crippen molar-refractivity contribution in [3.63, 3.8) is 0 Å². The molecule has 1 amide bonds. The van der Waals surface area contributed by atoms with Crippen LogP contribution in [0.4, 0.5) is 10.5 Å². The molecule has 0 bridgehead atoms. The van der Waals surface area contributed by atoms with E-state index in [1.165, 1.54) is 18.2 Å². The summed E-state index contributed by atoms with van der Waals surface area (Å²) in [5.74, 6) is -0.330. The minimum Gasteiger partial charge on any atom is -0.490 e. The lowest BCUT2D eigenvalue weighted by atomic mass is 9.85. The fourth-order valence-corrected chi connectivity index (χ4v) is 6.81. The number of ether oxygens (including phenoxy) is 2. The second kappa shape index (κ2) is 17.8. The summed E-state index contributed by atoms with van der Waals surface area (Å²) in [5, 5.41) is 44.9. The Morgan fingerprint density at radius 3 is 2.16 bits per heavy atom. The lowest BCUT2D eigenvalue weighted by Gasteiger charge is -2.43. The normalized spacial score (nSPS) is 23.6. The fourth-order valence-electron chi connectivity index (χ4n) is 5.24. The number of aromatic nitrogens is 1. The summed E-state index contributed by atoms with van der Waals surface area (Å²) in [6.07, 6.45) is -6.68. The van der Waals surface area contributed by atoms with Crippen molar-refractivity contribution < 1.29 is 72.1 Å². The molecule has 0 spiro atoms. The predicted molar refractivity (Wildman–Crippen MR) is 177 cm³/mol. The molecule has 1 heterocycles. The smallest absolute Gasteiger partial charge is 0.490 e. The van der Waals surface area contributed by atoms with Crippen LogP contribution < -0.4 is 14.6 Å². The second-order valence-electron chi connectivity index (χ2n) is 11.7. The van der Waals surface area contributed by atoms with E-state index >= 15 is 0 Å². The Kier molecular flexibility index (Phi) is 14.1. The average molecular weight is 745 g/mol. The number of fused-ring (bicyclic) bond motifs is 1. The van der Waals surface area contributed by atoms with E-state index in [0.29, 0.717) is 17.7 Å². The van der Waals surface area contributed by atoms with Crippen molar-refractivity contribution in [3.05, 3.63) is 60.3 Å². The van der Waals surface area contributed by atoms with Gasteiger partial charge in [0.1, 0.15) is 43.2 Å². The van der Waals surface area contributed by atoms with Crippen molar-refractivity contribution in [2.75, 3.05) is 11.9 Å². The lowest BCUT2D eigenvalue weighted by molar-refractivity contribution is -0.215. The van der Waals surface area contributed by atoms with Crippen LogP contribution in [0.3, 0.4) is 0 Å². The molecular weight excluding hydrogens is 702 g/mol. The van der Waals surface area contributed by atoms with Gasteiger partial charge in [-0.3, -0.25) is 24.2 Å². The number of hydrogen-bond donors (Lipinski definition) is 8. The van der Waals surface area contributed by atoms with Crippen LogP contribution in [-0.2, 0) is 29.5 Å². The summed E-state index contributed by atoms with van der Waals surface area (Å²) in [4.78, 5) is 45.4. The largest absolute Gasteiger partial charge is 0.528 e. The summed E-state index contributed by atoms with van der Waals surface area (Å²) < 4.78 is 49.9. The number of rotatable bonds is 17. The van der Waals surface area contributed by atoms with E-state index in [1.54, 1.807) is 30.5 Å². The molecule has 19 heteroatoms. The Morgan fingerprint density at radius 2 is 1.48 bits per heavy atom. The number of nitrogens with one attached hydrogen (secondary N) is 1. The fraction of sp³-hybridized carbons (Fsp3) is 0.484. The molecule has 1 fully saturated rings. The molecular formula is C31H42N2O15P2. The number of nitrogens with zero attached hydrogens (tertiary/aromatic N) is 1. The highest BCUT2D eigenvalue weighted by atomic mass is 31.2. The molecule has 7 atom stereocenters. The van der Waals surface area contributed by atoms with Gasteiger partial charge in [-0.2, -0.15) is 0 Å². The number of phosphoric acid groups is 2. The van der Waals surface area contributed by atoms with Crippen LogP contribution in [0.2, 0.25) is 0 Å². The number of hydrogen-bond acceptors (Lipinski definition) is 13. The zero-order valence-corrected chi connectivity index (χ0v) is 28.8. The first kappa shape index (κ1) is 39.6. The predicted octanol–water partition coefficient (Wildman–Crippen LogP) is 3.52. The van der Waals surface area contributed by atoms with Gasteiger partial charge in [-0.25, -0.2) is 13.9 Å². The van der Waals surface area contributed by atoms with Crippen molar-refractivity contribution in [3.8, 4) is 11.5 Å². The van der Waals surface area contributed by atoms with E-state index in [9.17, 15) is 39.2 Å². The second-order valence-corrected chi connectivity index (χ2v) is 14.2.